The van der Waals surface area contributed by atoms with E-state index >= 15 is 0 Å². The molecule has 1 fully saturated rings. The molecule has 1 aromatic rings. The average Bonchev–Trinajstić information content (AvgIpc) is 2.67. The molecule has 0 amide bonds. The van der Waals surface area contributed by atoms with Crippen molar-refractivity contribution < 1.29 is 0 Å². The second kappa shape index (κ2) is 5.42. The van der Waals surface area contributed by atoms with Gasteiger partial charge < -0.3 is 10.3 Å². The third-order valence-electron chi connectivity index (χ3n) is 4.93. The molecular weight excluding hydrogens is 264 g/mol. The van der Waals surface area contributed by atoms with Gasteiger partial charge in [-0.05, 0) is 55.4 Å². The molecule has 0 saturated carbocycles. The van der Waals surface area contributed by atoms with Gasteiger partial charge in [-0.3, -0.25) is 0 Å². The number of nitrogens with zero attached hydrogens (tertiary/aromatic N) is 1. The van der Waals surface area contributed by atoms with Crippen molar-refractivity contribution in [3.63, 3.8) is 0 Å². The van der Waals surface area contributed by atoms with Crippen LogP contribution in [0.2, 0.25) is 0 Å². The van der Waals surface area contributed by atoms with E-state index in [9.17, 15) is 0 Å². The Bertz CT molecular complexity index is 483. The van der Waals surface area contributed by atoms with E-state index in [2.05, 4.69) is 43.2 Å². The second-order valence-corrected chi connectivity index (χ2v) is 8.85. The molecule has 1 aliphatic carbocycles. The van der Waals surface area contributed by atoms with Crippen LogP contribution in [-0.4, -0.2) is 15.6 Å². The van der Waals surface area contributed by atoms with Gasteiger partial charge in [0.15, 0.2) is 0 Å². The van der Waals surface area contributed by atoms with Crippen LogP contribution in [0.25, 0.3) is 0 Å². The van der Waals surface area contributed by atoms with Crippen LogP contribution in [0.3, 0.4) is 0 Å². The fourth-order valence-corrected chi connectivity index (χ4v) is 5.21. The van der Waals surface area contributed by atoms with Crippen molar-refractivity contribution >= 4 is 11.8 Å². The fraction of sp³-hybridized carbons (Fsp3) is 0.765. The number of thioether (sulfide) groups is 1. The maximum atomic E-state index is 6.42. The van der Waals surface area contributed by atoms with Crippen LogP contribution in [-0.2, 0) is 13.0 Å². The molecule has 2 heterocycles. The molecule has 0 bridgehead atoms. The first kappa shape index (κ1) is 14.5. The lowest BCUT2D eigenvalue weighted by Crippen LogP contribution is -2.31. The normalized spacial score (nSPS) is 29.2. The first-order valence-electron chi connectivity index (χ1n) is 8.02. The molecule has 3 rings (SSSR count). The third-order valence-corrected chi connectivity index (χ3v) is 6.31. The summed E-state index contributed by atoms with van der Waals surface area (Å²) in [6, 6.07) is 2.58. The summed E-state index contributed by atoms with van der Waals surface area (Å²) in [5, 5.41) is 0.806. The van der Waals surface area contributed by atoms with Gasteiger partial charge in [-0.1, -0.05) is 20.3 Å². The van der Waals surface area contributed by atoms with Crippen molar-refractivity contribution in [2.24, 2.45) is 11.1 Å². The zero-order chi connectivity index (χ0) is 14.3. The van der Waals surface area contributed by atoms with E-state index in [-0.39, 0.29) is 6.04 Å². The van der Waals surface area contributed by atoms with Crippen LogP contribution in [0.4, 0.5) is 0 Å². The largest absolute Gasteiger partial charge is 0.347 e. The SMILES string of the molecule is Cc1cc2c(n1CC1CCCCS1)CC(C)(C)CC2N. The predicted molar refractivity (Wildman–Crippen MR) is 88.3 cm³/mol. The summed E-state index contributed by atoms with van der Waals surface area (Å²) >= 11 is 2.17. The smallest absolute Gasteiger partial charge is 0.0344 e. The van der Waals surface area contributed by atoms with Gasteiger partial charge in [-0.15, -0.1) is 0 Å². The van der Waals surface area contributed by atoms with Crippen LogP contribution < -0.4 is 5.73 Å². The van der Waals surface area contributed by atoms with Crippen molar-refractivity contribution in [2.75, 3.05) is 5.75 Å². The van der Waals surface area contributed by atoms with Gasteiger partial charge >= 0.3 is 0 Å². The van der Waals surface area contributed by atoms with Gasteiger partial charge in [-0.2, -0.15) is 11.8 Å². The molecule has 1 aliphatic heterocycles. The van der Waals surface area contributed by atoms with Gasteiger partial charge in [0, 0.05) is 29.2 Å². The number of rotatable bonds is 2. The van der Waals surface area contributed by atoms with Crippen LogP contribution >= 0.6 is 11.8 Å². The summed E-state index contributed by atoms with van der Waals surface area (Å²) in [6.07, 6.45) is 6.49. The predicted octanol–water partition coefficient (Wildman–Crippen LogP) is 4.05. The second-order valence-electron chi connectivity index (χ2n) is 7.44. The van der Waals surface area contributed by atoms with E-state index in [1.54, 1.807) is 0 Å². The molecule has 2 N–H and O–H groups in total. The number of aromatic nitrogens is 1. The zero-order valence-corrected chi connectivity index (χ0v) is 13.9. The van der Waals surface area contributed by atoms with E-state index in [0.717, 1.165) is 11.7 Å². The highest BCUT2D eigenvalue weighted by Crippen LogP contribution is 2.41. The van der Waals surface area contributed by atoms with E-state index in [1.165, 1.54) is 54.9 Å². The Morgan fingerprint density at radius 3 is 2.90 bits per heavy atom. The number of fused-ring (bicyclic) bond motifs is 1. The van der Waals surface area contributed by atoms with Crippen molar-refractivity contribution in [1.29, 1.82) is 0 Å². The summed E-state index contributed by atoms with van der Waals surface area (Å²) in [7, 11) is 0. The topological polar surface area (TPSA) is 30.9 Å². The number of nitrogens with two attached hydrogens (primary N) is 1. The van der Waals surface area contributed by atoms with Crippen molar-refractivity contribution in [2.45, 2.75) is 70.7 Å². The monoisotopic (exact) mass is 292 g/mol. The quantitative estimate of drug-likeness (QED) is 0.891. The highest BCUT2D eigenvalue weighted by Gasteiger charge is 2.33. The van der Waals surface area contributed by atoms with Gasteiger partial charge in [0.1, 0.15) is 0 Å². The Morgan fingerprint density at radius 1 is 1.40 bits per heavy atom. The molecule has 0 spiro atoms. The lowest BCUT2D eigenvalue weighted by Gasteiger charge is -2.35. The molecule has 112 valence electrons. The molecular formula is C17H28N2S. The van der Waals surface area contributed by atoms with Crippen LogP contribution in [0.5, 0.6) is 0 Å². The highest BCUT2D eigenvalue weighted by atomic mass is 32.2. The lowest BCUT2D eigenvalue weighted by atomic mass is 9.74. The van der Waals surface area contributed by atoms with Gasteiger partial charge in [0.05, 0.1) is 0 Å². The molecule has 2 nitrogen and oxygen atoms in total. The van der Waals surface area contributed by atoms with E-state index in [4.69, 9.17) is 5.73 Å². The van der Waals surface area contributed by atoms with Crippen molar-refractivity contribution in [1.82, 2.24) is 4.57 Å². The molecule has 3 heteroatoms. The van der Waals surface area contributed by atoms with Crippen LogP contribution in [0.15, 0.2) is 6.07 Å². The highest BCUT2D eigenvalue weighted by molar-refractivity contribution is 7.99. The third kappa shape index (κ3) is 2.80. The minimum atomic E-state index is 0.229. The molecule has 20 heavy (non-hydrogen) atoms. The van der Waals surface area contributed by atoms with Gasteiger partial charge in [0.25, 0.3) is 0 Å². The first-order chi connectivity index (χ1) is 9.46. The standard InChI is InChI=1S/C17H28N2S/c1-12-8-14-15(18)9-17(2,3)10-16(14)19(12)11-13-6-4-5-7-20-13/h8,13,15H,4-7,9-11,18H2,1-3H3. The minimum Gasteiger partial charge on any atom is -0.347 e. The van der Waals surface area contributed by atoms with Crippen LogP contribution in [0, 0.1) is 12.3 Å². The minimum absolute atomic E-state index is 0.229. The lowest BCUT2D eigenvalue weighted by molar-refractivity contribution is 0.274. The molecule has 2 unspecified atom stereocenters. The van der Waals surface area contributed by atoms with Gasteiger partial charge in [0.2, 0.25) is 0 Å². The Balaban J connectivity index is 1.88. The molecule has 2 atom stereocenters. The Kier molecular flexibility index (Phi) is 3.93. The van der Waals surface area contributed by atoms with Crippen molar-refractivity contribution in [3.8, 4) is 0 Å². The number of hydrogen-bond acceptors (Lipinski definition) is 2. The summed E-state index contributed by atoms with van der Waals surface area (Å²) in [6.45, 7) is 8.16. The maximum Gasteiger partial charge on any atom is 0.0344 e. The maximum absolute atomic E-state index is 6.42. The fourth-order valence-electron chi connectivity index (χ4n) is 3.91. The molecule has 1 aromatic heterocycles. The van der Waals surface area contributed by atoms with E-state index in [0.29, 0.717) is 5.41 Å². The first-order valence-corrected chi connectivity index (χ1v) is 9.07. The summed E-state index contributed by atoms with van der Waals surface area (Å²) in [5.41, 5.74) is 11.1. The average molecular weight is 292 g/mol. The Morgan fingerprint density at radius 2 is 2.20 bits per heavy atom. The number of hydrogen-bond donors (Lipinski definition) is 1. The molecule has 1 saturated heterocycles. The molecule has 2 aliphatic rings. The van der Waals surface area contributed by atoms with E-state index < -0.39 is 0 Å². The number of aryl methyl sites for hydroxylation is 1. The van der Waals surface area contributed by atoms with Crippen LogP contribution in [0.1, 0.15) is 62.5 Å². The molecule has 0 radical (unpaired) electrons. The Labute approximate surface area is 127 Å². The Hall–Kier alpha value is -0.410. The zero-order valence-electron chi connectivity index (χ0n) is 13.1. The van der Waals surface area contributed by atoms with Crippen molar-refractivity contribution in [3.05, 3.63) is 23.0 Å². The van der Waals surface area contributed by atoms with Gasteiger partial charge in [-0.25, -0.2) is 0 Å². The summed E-state index contributed by atoms with van der Waals surface area (Å²) in [4.78, 5) is 0. The van der Waals surface area contributed by atoms with E-state index in [1.807, 2.05) is 0 Å². The molecule has 0 aromatic carbocycles. The summed E-state index contributed by atoms with van der Waals surface area (Å²) < 4.78 is 2.58. The summed E-state index contributed by atoms with van der Waals surface area (Å²) in [5.74, 6) is 1.35.